The summed E-state index contributed by atoms with van der Waals surface area (Å²) in [6.45, 7) is 5.46. The lowest BCUT2D eigenvalue weighted by Crippen LogP contribution is -2.24. The Morgan fingerprint density at radius 1 is 0.342 bits per heavy atom. The first-order valence-corrected chi connectivity index (χ1v) is 18.2. The van der Waals surface area contributed by atoms with Gasteiger partial charge in [-0.2, -0.15) is 0 Å². The number of unbranched alkanes of at least 4 members (excludes halogenated alkanes) is 29. The molecule has 0 aliphatic carbocycles. The summed E-state index contributed by atoms with van der Waals surface area (Å²) in [7, 11) is 0. The predicted octanol–water partition coefficient (Wildman–Crippen LogP) is 12.8. The van der Waals surface area contributed by atoms with Gasteiger partial charge in [-0.15, -0.1) is 0 Å². The number of nitrogens with two attached hydrogens (primary N) is 1. The molecule has 0 aromatic rings. The molecule has 0 bridgehead atoms. The molecule has 0 saturated heterocycles. The fraction of sp³-hybridized carbons (Fsp3) is 1.00. The number of hydrogen-bond acceptors (Lipinski definition) is 2. The third kappa shape index (κ3) is 33.9. The van der Waals surface area contributed by atoms with Crippen molar-refractivity contribution in [3.05, 3.63) is 0 Å². The minimum Gasteiger partial charge on any atom is -0.364 e. The molecule has 0 aromatic heterocycles. The van der Waals surface area contributed by atoms with E-state index in [4.69, 9.17) is 10.5 Å². The van der Waals surface area contributed by atoms with Crippen LogP contribution >= 0.6 is 0 Å². The first-order chi connectivity index (χ1) is 18.8. The SMILES string of the molecule is CCCCCCCCCCCCCCCCCCOC(N)CCCCCCCCCCCCCCCCC. The molecule has 2 nitrogen and oxygen atoms in total. The highest BCUT2D eigenvalue weighted by Crippen LogP contribution is 2.15. The molecular weight excluding hydrogens is 462 g/mol. The van der Waals surface area contributed by atoms with Crippen molar-refractivity contribution in [2.75, 3.05) is 6.61 Å². The van der Waals surface area contributed by atoms with Crippen molar-refractivity contribution in [1.82, 2.24) is 0 Å². The largest absolute Gasteiger partial charge is 0.364 e. The normalized spacial score (nSPS) is 12.4. The van der Waals surface area contributed by atoms with Gasteiger partial charge in [-0.1, -0.05) is 200 Å². The Kier molecular flexibility index (Phi) is 34.9. The zero-order valence-corrected chi connectivity index (χ0v) is 26.9. The number of ether oxygens (including phenoxy) is 1. The summed E-state index contributed by atoms with van der Waals surface area (Å²) < 4.78 is 5.86. The summed E-state index contributed by atoms with van der Waals surface area (Å²) >= 11 is 0. The summed E-state index contributed by atoms with van der Waals surface area (Å²) in [6, 6.07) is 0. The zero-order valence-electron chi connectivity index (χ0n) is 26.9. The maximum absolute atomic E-state index is 6.17. The monoisotopic (exact) mass is 538 g/mol. The summed E-state index contributed by atoms with van der Waals surface area (Å²) in [5.74, 6) is 0. The van der Waals surface area contributed by atoms with Crippen LogP contribution in [0.25, 0.3) is 0 Å². The molecule has 230 valence electrons. The second kappa shape index (κ2) is 34.9. The Labute approximate surface area is 242 Å². The van der Waals surface area contributed by atoms with Gasteiger partial charge in [-0.3, -0.25) is 0 Å². The fourth-order valence-electron chi connectivity index (χ4n) is 5.69. The summed E-state index contributed by atoms with van der Waals surface area (Å²) in [5, 5.41) is 0. The third-order valence-electron chi connectivity index (χ3n) is 8.42. The second-order valence-electron chi connectivity index (χ2n) is 12.5. The van der Waals surface area contributed by atoms with Gasteiger partial charge in [0.2, 0.25) is 0 Å². The molecule has 2 heteroatoms. The fourth-order valence-corrected chi connectivity index (χ4v) is 5.69. The van der Waals surface area contributed by atoms with Crippen molar-refractivity contribution >= 4 is 0 Å². The molecule has 0 spiro atoms. The van der Waals surface area contributed by atoms with E-state index in [9.17, 15) is 0 Å². The van der Waals surface area contributed by atoms with Crippen molar-refractivity contribution in [1.29, 1.82) is 0 Å². The molecule has 0 saturated carbocycles. The first kappa shape index (κ1) is 37.9. The van der Waals surface area contributed by atoms with Crippen LogP contribution in [-0.4, -0.2) is 12.8 Å². The zero-order chi connectivity index (χ0) is 27.6. The van der Waals surface area contributed by atoms with Crippen LogP contribution in [0.15, 0.2) is 0 Å². The molecule has 2 N–H and O–H groups in total. The van der Waals surface area contributed by atoms with Gasteiger partial charge in [0.25, 0.3) is 0 Å². The standard InChI is InChI=1S/C36H75NO/c1-3-5-7-9-11-13-15-17-19-21-23-25-27-29-31-33-35-38-36(37)34-32-30-28-26-24-22-20-18-16-14-12-10-8-6-4-2/h36H,3-35,37H2,1-2H3. The minimum atomic E-state index is -0.0340. The molecule has 1 unspecified atom stereocenters. The lowest BCUT2D eigenvalue weighted by Gasteiger charge is -2.13. The first-order valence-electron chi connectivity index (χ1n) is 18.2. The smallest absolute Gasteiger partial charge is 0.105 e. The Morgan fingerprint density at radius 2 is 0.579 bits per heavy atom. The molecule has 0 radical (unpaired) electrons. The van der Waals surface area contributed by atoms with E-state index in [1.807, 2.05) is 0 Å². The van der Waals surface area contributed by atoms with E-state index in [-0.39, 0.29) is 6.23 Å². The van der Waals surface area contributed by atoms with Crippen LogP contribution < -0.4 is 5.73 Å². The van der Waals surface area contributed by atoms with Gasteiger partial charge >= 0.3 is 0 Å². The van der Waals surface area contributed by atoms with Gasteiger partial charge in [0.05, 0.1) is 0 Å². The summed E-state index contributed by atoms with van der Waals surface area (Å²) in [4.78, 5) is 0. The van der Waals surface area contributed by atoms with Crippen molar-refractivity contribution in [2.45, 2.75) is 226 Å². The Bertz CT molecular complexity index is 399. The maximum atomic E-state index is 6.17. The van der Waals surface area contributed by atoms with E-state index in [0.717, 1.165) is 13.0 Å². The van der Waals surface area contributed by atoms with Crippen molar-refractivity contribution in [3.8, 4) is 0 Å². The third-order valence-corrected chi connectivity index (χ3v) is 8.42. The van der Waals surface area contributed by atoms with E-state index in [2.05, 4.69) is 13.8 Å². The van der Waals surface area contributed by atoms with E-state index >= 15 is 0 Å². The lowest BCUT2D eigenvalue weighted by atomic mass is 10.0. The van der Waals surface area contributed by atoms with Gasteiger partial charge in [-0.25, -0.2) is 0 Å². The van der Waals surface area contributed by atoms with Gasteiger partial charge < -0.3 is 10.5 Å². The van der Waals surface area contributed by atoms with Crippen molar-refractivity contribution in [3.63, 3.8) is 0 Å². The van der Waals surface area contributed by atoms with Gasteiger partial charge in [-0.05, 0) is 19.3 Å². The van der Waals surface area contributed by atoms with Crippen LogP contribution in [0.2, 0.25) is 0 Å². The molecule has 1 atom stereocenters. The quantitative estimate of drug-likeness (QED) is 0.0654. The topological polar surface area (TPSA) is 35.2 Å². The van der Waals surface area contributed by atoms with Crippen LogP contribution in [0.1, 0.15) is 219 Å². The molecule has 0 rings (SSSR count). The Balaban J connectivity index is 3.13. The Hall–Kier alpha value is -0.0800. The highest BCUT2D eigenvalue weighted by molar-refractivity contribution is 4.54. The predicted molar refractivity (Wildman–Crippen MR) is 173 cm³/mol. The van der Waals surface area contributed by atoms with Gasteiger partial charge in [0.15, 0.2) is 0 Å². The molecule has 0 aliphatic rings. The van der Waals surface area contributed by atoms with Gasteiger partial charge in [0, 0.05) is 6.61 Å². The maximum Gasteiger partial charge on any atom is 0.105 e. The summed E-state index contributed by atoms with van der Waals surface area (Å²) in [6.07, 6.45) is 44.8. The average molecular weight is 538 g/mol. The lowest BCUT2D eigenvalue weighted by molar-refractivity contribution is 0.0475. The van der Waals surface area contributed by atoms with Crippen molar-refractivity contribution in [2.24, 2.45) is 5.73 Å². The summed E-state index contributed by atoms with van der Waals surface area (Å²) in [5.41, 5.74) is 6.17. The number of rotatable bonds is 34. The van der Waals surface area contributed by atoms with Crippen molar-refractivity contribution < 1.29 is 4.74 Å². The molecule has 0 fully saturated rings. The van der Waals surface area contributed by atoms with E-state index in [1.54, 1.807) is 0 Å². The molecular formula is C36H75NO. The second-order valence-corrected chi connectivity index (χ2v) is 12.5. The van der Waals surface area contributed by atoms with Crippen LogP contribution in [0.5, 0.6) is 0 Å². The molecule has 38 heavy (non-hydrogen) atoms. The minimum absolute atomic E-state index is 0.0340. The molecule has 0 aromatic carbocycles. The molecule has 0 heterocycles. The Morgan fingerprint density at radius 3 is 0.868 bits per heavy atom. The van der Waals surface area contributed by atoms with E-state index in [0.29, 0.717) is 0 Å². The highest BCUT2D eigenvalue weighted by Gasteiger charge is 2.02. The van der Waals surface area contributed by atoms with E-state index in [1.165, 1.54) is 199 Å². The van der Waals surface area contributed by atoms with Crippen LogP contribution in [0.4, 0.5) is 0 Å². The highest BCUT2D eigenvalue weighted by atomic mass is 16.5. The molecule has 0 aliphatic heterocycles. The van der Waals surface area contributed by atoms with Crippen LogP contribution in [0, 0.1) is 0 Å². The van der Waals surface area contributed by atoms with Gasteiger partial charge in [0.1, 0.15) is 6.23 Å². The van der Waals surface area contributed by atoms with Crippen LogP contribution in [-0.2, 0) is 4.74 Å². The average Bonchev–Trinajstić information content (AvgIpc) is 2.92. The van der Waals surface area contributed by atoms with Crippen LogP contribution in [0.3, 0.4) is 0 Å². The molecule has 0 amide bonds. The number of hydrogen-bond donors (Lipinski definition) is 1. The van der Waals surface area contributed by atoms with E-state index < -0.39 is 0 Å².